The van der Waals surface area contributed by atoms with Gasteiger partial charge in [0.25, 0.3) is 0 Å². The molecule has 21 heavy (non-hydrogen) atoms. The standard InChI is InChI=1S/C16H16BrClFNO/c1-2-20-9-11-8-12(17)6-7-16(11)21-10-13-14(18)4-3-5-15(13)19/h3-8,20H,2,9-10H2,1H3. The van der Waals surface area contributed by atoms with Gasteiger partial charge in [0.05, 0.1) is 5.02 Å². The van der Waals surface area contributed by atoms with Gasteiger partial charge in [0.1, 0.15) is 18.2 Å². The first-order valence-corrected chi connectivity index (χ1v) is 7.83. The highest BCUT2D eigenvalue weighted by Gasteiger charge is 2.10. The van der Waals surface area contributed by atoms with Crippen LogP contribution in [0, 0.1) is 5.82 Å². The molecule has 0 heterocycles. The van der Waals surface area contributed by atoms with Gasteiger partial charge in [-0.25, -0.2) is 4.39 Å². The summed E-state index contributed by atoms with van der Waals surface area (Å²) in [5.41, 5.74) is 1.38. The van der Waals surface area contributed by atoms with Crippen LogP contribution in [-0.2, 0) is 13.2 Å². The van der Waals surface area contributed by atoms with Crippen molar-refractivity contribution in [1.82, 2.24) is 5.32 Å². The van der Waals surface area contributed by atoms with Gasteiger partial charge in [0.2, 0.25) is 0 Å². The lowest BCUT2D eigenvalue weighted by Crippen LogP contribution is -2.13. The molecule has 112 valence electrons. The Labute approximate surface area is 137 Å². The first kappa shape index (κ1) is 16.3. The average Bonchev–Trinajstić information content (AvgIpc) is 2.46. The molecule has 0 radical (unpaired) electrons. The predicted molar refractivity (Wildman–Crippen MR) is 87.3 cm³/mol. The van der Waals surface area contributed by atoms with Gasteiger partial charge in [0.15, 0.2) is 0 Å². The number of benzene rings is 2. The summed E-state index contributed by atoms with van der Waals surface area (Å²) in [6, 6.07) is 10.4. The minimum Gasteiger partial charge on any atom is -0.488 e. The Morgan fingerprint density at radius 2 is 2.10 bits per heavy atom. The molecule has 2 nitrogen and oxygen atoms in total. The van der Waals surface area contributed by atoms with Gasteiger partial charge >= 0.3 is 0 Å². The van der Waals surface area contributed by atoms with Crippen LogP contribution in [0.1, 0.15) is 18.1 Å². The minimum absolute atomic E-state index is 0.103. The molecule has 2 aromatic rings. The molecule has 0 amide bonds. The monoisotopic (exact) mass is 371 g/mol. The SMILES string of the molecule is CCNCc1cc(Br)ccc1OCc1c(F)cccc1Cl. The van der Waals surface area contributed by atoms with E-state index in [0.29, 0.717) is 17.1 Å². The summed E-state index contributed by atoms with van der Waals surface area (Å²) in [7, 11) is 0. The van der Waals surface area contributed by atoms with Gasteiger partial charge in [-0.05, 0) is 36.9 Å². The van der Waals surface area contributed by atoms with Crippen LogP contribution in [0.2, 0.25) is 5.02 Å². The van der Waals surface area contributed by atoms with E-state index in [0.717, 1.165) is 22.3 Å². The van der Waals surface area contributed by atoms with E-state index in [1.807, 2.05) is 25.1 Å². The van der Waals surface area contributed by atoms with Gasteiger partial charge in [0, 0.05) is 22.1 Å². The number of halogens is 3. The molecule has 0 saturated carbocycles. The maximum atomic E-state index is 13.7. The summed E-state index contributed by atoms with van der Waals surface area (Å²) in [5, 5.41) is 3.63. The van der Waals surface area contributed by atoms with Crippen LogP contribution in [0.25, 0.3) is 0 Å². The van der Waals surface area contributed by atoms with E-state index in [1.54, 1.807) is 12.1 Å². The number of ether oxygens (including phenoxy) is 1. The summed E-state index contributed by atoms with van der Waals surface area (Å²) in [4.78, 5) is 0. The highest BCUT2D eigenvalue weighted by atomic mass is 79.9. The van der Waals surface area contributed by atoms with Gasteiger partial charge < -0.3 is 10.1 Å². The molecule has 0 unspecified atom stereocenters. The Kier molecular flexibility index (Phi) is 6.03. The van der Waals surface area contributed by atoms with Crippen molar-refractivity contribution in [1.29, 1.82) is 0 Å². The number of hydrogen-bond donors (Lipinski definition) is 1. The lowest BCUT2D eigenvalue weighted by atomic mass is 10.2. The van der Waals surface area contributed by atoms with Crippen molar-refractivity contribution in [2.45, 2.75) is 20.1 Å². The third kappa shape index (κ3) is 4.43. The van der Waals surface area contributed by atoms with Crippen molar-refractivity contribution in [2.75, 3.05) is 6.54 Å². The van der Waals surface area contributed by atoms with E-state index in [4.69, 9.17) is 16.3 Å². The van der Waals surface area contributed by atoms with Gasteiger partial charge in [-0.3, -0.25) is 0 Å². The molecule has 0 aliphatic carbocycles. The molecule has 1 N–H and O–H groups in total. The maximum absolute atomic E-state index is 13.7. The lowest BCUT2D eigenvalue weighted by Gasteiger charge is -2.13. The third-order valence-electron chi connectivity index (χ3n) is 3.02. The highest BCUT2D eigenvalue weighted by molar-refractivity contribution is 9.10. The molecule has 0 aliphatic rings. The molecule has 0 fully saturated rings. The summed E-state index contributed by atoms with van der Waals surface area (Å²) in [6.07, 6.45) is 0. The van der Waals surface area contributed by atoms with E-state index in [9.17, 15) is 4.39 Å². The Morgan fingerprint density at radius 1 is 1.29 bits per heavy atom. The Morgan fingerprint density at radius 3 is 2.81 bits per heavy atom. The van der Waals surface area contributed by atoms with Crippen LogP contribution in [0.3, 0.4) is 0 Å². The molecule has 0 aliphatic heterocycles. The number of nitrogens with one attached hydrogen (secondary N) is 1. The first-order valence-electron chi connectivity index (χ1n) is 6.66. The van der Waals surface area contributed by atoms with Crippen molar-refractivity contribution in [2.24, 2.45) is 0 Å². The summed E-state index contributed by atoms with van der Waals surface area (Å²) < 4.78 is 20.5. The van der Waals surface area contributed by atoms with E-state index < -0.39 is 0 Å². The van der Waals surface area contributed by atoms with Gasteiger partial charge in [-0.2, -0.15) is 0 Å². The second kappa shape index (κ2) is 7.78. The zero-order valence-electron chi connectivity index (χ0n) is 11.6. The molecule has 0 spiro atoms. The average molecular weight is 373 g/mol. The molecular formula is C16H16BrClFNO. The Balaban J connectivity index is 2.16. The predicted octanol–water partition coefficient (Wildman–Crippen LogP) is 4.93. The fourth-order valence-corrected chi connectivity index (χ4v) is 2.53. The van der Waals surface area contributed by atoms with Crippen molar-refractivity contribution in [3.63, 3.8) is 0 Å². The van der Waals surface area contributed by atoms with Crippen LogP contribution in [0.4, 0.5) is 4.39 Å². The maximum Gasteiger partial charge on any atom is 0.131 e. The molecule has 0 atom stereocenters. The van der Waals surface area contributed by atoms with E-state index in [1.165, 1.54) is 6.07 Å². The second-order valence-corrected chi connectivity index (χ2v) is 5.84. The van der Waals surface area contributed by atoms with Gasteiger partial charge in [-0.1, -0.05) is 40.5 Å². The van der Waals surface area contributed by atoms with Crippen LogP contribution in [-0.4, -0.2) is 6.54 Å². The zero-order valence-corrected chi connectivity index (χ0v) is 14.0. The Bertz CT molecular complexity index is 601. The van der Waals surface area contributed by atoms with E-state index in [-0.39, 0.29) is 12.4 Å². The summed E-state index contributed by atoms with van der Waals surface area (Å²) >= 11 is 9.45. The lowest BCUT2D eigenvalue weighted by molar-refractivity contribution is 0.296. The number of hydrogen-bond acceptors (Lipinski definition) is 2. The molecular weight excluding hydrogens is 357 g/mol. The summed E-state index contributed by atoms with van der Waals surface area (Å²) in [6.45, 7) is 3.70. The first-order chi connectivity index (χ1) is 10.1. The molecule has 2 rings (SSSR count). The Hall–Kier alpha value is -1.10. The third-order valence-corrected chi connectivity index (χ3v) is 3.87. The number of rotatable bonds is 6. The fraction of sp³-hybridized carbons (Fsp3) is 0.250. The topological polar surface area (TPSA) is 21.3 Å². The van der Waals surface area contributed by atoms with Gasteiger partial charge in [-0.15, -0.1) is 0 Å². The van der Waals surface area contributed by atoms with Crippen molar-refractivity contribution in [3.8, 4) is 5.75 Å². The largest absolute Gasteiger partial charge is 0.488 e. The van der Waals surface area contributed by atoms with Crippen LogP contribution in [0.15, 0.2) is 40.9 Å². The van der Waals surface area contributed by atoms with E-state index >= 15 is 0 Å². The molecule has 2 aromatic carbocycles. The van der Waals surface area contributed by atoms with Crippen LogP contribution >= 0.6 is 27.5 Å². The van der Waals surface area contributed by atoms with Crippen LogP contribution in [0.5, 0.6) is 5.75 Å². The quantitative estimate of drug-likeness (QED) is 0.776. The molecule has 0 aromatic heterocycles. The van der Waals surface area contributed by atoms with E-state index in [2.05, 4.69) is 21.2 Å². The highest BCUT2D eigenvalue weighted by Crippen LogP contribution is 2.26. The fourth-order valence-electron chi connectivity index (χ4n) is 1.91. The second-order valence-electron chi connectivity index (χ2n) is 4.52. The van der Waals surface area contributed by atoms with Crippen molar-refractivity contribution >= 4 is 27.5 Å². The van der Waals surface area contributed by atoms with Crippen molar-refractivity contribution < 1.29 is 9.13 Å². The minimum atomic E-state index is -0.354. The van der Waals surface area contributed by atoms with Crippen LogP contribution < -0.4 is 10.1 Å². The zero-order chi connectivity index (χ0) is 15.2. The summed E-state index contributed by atoms with van der Waals surface area (Å²) in [5.74, 6) is 0.367. The van der Waals surface area contributed by atoms with Crippen molar-refractivity contribution in [3.05, 3.63) is 62.8 Å². The smallest absolute Gasteiger partial charge is 0.131 e. The molecule has 0 saturated heterocycles. The normalized spacial score (nSPS) is 10.7. The molecule has 5 heteroatoms. The molecule has 0 bridgehead atoms.